The number of carboxylic acids is 1. The molecule has 7 nitrogen and oxygen atoms in total. The van der Waals surface area contributed by atoms with Gasteiger partial charge in [0.1, 0.15) is 11.8 Å². The molecule has 2 aromatic rings. The summed E-state index contributed by atoms with van der Waals surface area (Å²) in [5, 5.41) is 16.3. The van der Waals surface area contributed by atoms with Crippen molar-refractivity contribution in [3.05, 3.63) is 65.2 Å². The third-order valence-corrected chi connectivity index (χ3v) is 4.88. The molecule has 7 heteroatoms. The Labute approximate surface area is 163 Å². The number of benzene rings is 2. The van der Waals surface area contributed by atoms with Gasteiger partial charge in [-0.3, -0.25) is 20.0 Å². The summed E-state index contributed by atoms with van der Waals surface area (Å²) >= 11 is 0. The van der Waals surface area contributed by atoms with E-state index in [0.29, 0.717) is 18.5 Å². The number of anilines is 1. The Morgan fingerprint density at radius 3 is 2.39 bits per heavy atom. The van der Waals surface area contributed by atoms with E-state index in [0.717, 1.165) is 22.5 Å². The maximum absolute atomic E-state index is 13.1. The smallest absolute Gasteiger partial charge is 0.303 e. The van der Waals surface area contributed by atoms with E-state index in [1.807, 2.05) is 24.3 Å². The van der Waals surface area contributed by atoms with Gasteiger partial charge >= 0.3 is 5.97 Å². The molecule has 0 saturated carbocycles. The normalized spacial score (nSPS) is 17.9. The van der Waals surface area contributed by atoms with E-state index in [-0.39, 0.29) is 18.2 Å². The highest BCUT2D eigenvalue weighted by molar-refractivity contribution is 6.23. The number of nitrogen functional groups attached to an aromatic ring is 1. The second-order valence-electron chi connectivity index (χ2n) is 6.67. The van der Waals surface area contributed by atoms with Crippen LogP contribution < -0.4 is 10.6 Å². The van der Waals surface area contributed by atoms with Crippen LogP contribution in [-0.2, 0) is 16.0 Å². The third kappa shape index (κ3) is 3.93. The van der Waals surface area contributed by atoms with Crippen LogP contribution in [0.5, 0.6) is 0 Å². The molecule has 1 aliphatic heterocycles. The maximum Gasteiger partial charge on any atom is 0.303 e. The van der Waals surface area contributed by atoms with Gasteiger partial charge in [0, 0.05) is 30.4 Å². The lowest BCUT2D eigenvalue weighted by Crippen LogP contribution is -2.26. The zero-order valence-electron chi connectivity index (χ0n) is 15.6. The largest absolute Gasteiger partial charge is 0.481 e. The standard InChI is InChI=1S/C21H22N4O3/c1-24-17-12-25(16-9-7-15(8-10-16)20(22)23)21(28)19(17)14-5-2-13(3-6-14)4-11-18(26)27/h2-3,5-10,19H,4,11-12H2,1H3,(H3,22,23)(H,26,27). The van der Waals surface area contributed by atoms with Crippen molar-refractivity contribution < 1.29 is 14.7 Å². The molecule has 3 rings (SSSR count). The molecule has 1 fully saturated rings. The number of nitrogens with zero attached hydrogens (tertiary/aromatic N) is 2. The Morgan fingerprint density at radius 2 is 1.86 bits per heavy atom. The number of rotatable bonds is 6. The molecule has 28 heavy (non-hydrogen) atoms. The Bertz CT molecular complexity index is 933. The molecule has 1 amide bonds. The molecule has 0 bridgehead atoms. The fourth-order valence-electron chi connectivity index (χ4n) is 3.33. The van der Waals surface area contributed by atoms with Crippen LogP contribution >= 0.6 is 0 Å². The number of hydrogen-bond acceptors (Lipinski definition) is 4. The summed E-state index contributed by atoms with van der Waals surface area (Å²) in [6, 6.07) is 14.5. The number of amides is 1. The van der Waals surface area contributed by atoms with Gasteiger partial charge in [-0.25, -0.2) is 0 Å². The van der Waals surface area contributed by atoms with Gasteiger partial charge in [-0.1, -0.05) is 24.3 Å². The second-order valence-corrected chi connectivity index (χ2v) is 6.67. The average molecular weight is 378 g/mol. The van der Waals surface area contributed by atoms with Gasteiger partial charge in [-0.2, -0.15) is 0 Å². The van der Waals surface area contributed by atoms with Crippen LogP contribution in [0, 0.1) is 5.41 Å². The fourth-order valence-corrected chi connectivity index (χ4v) is 3.33. The van der Waals surface area contributed by atoms with Crippen molar-refractivity contribution in [3.63, 3.8) is 0 Å². The summed E-state index contributed by atoms with van der Waals surface area (Å²) in [5.41, 5.74) is 9.36. The van der Waals surface area contributed by atoms with E-state index in [1.54, 1.807) is 36.2 Å². The van der Waals surface area contributed by atoms with Gasteiger partial charge in [0.25, 0.3) is 0 Å². The van der Waals surface area contributed by atoms with Crippen molar-refractivity contribution in [3.8, 4) is 0 Å². The highest BCUT2D eigenvalue weighted by atomic mass is 16.4. The van der Waals surface area contributed by atoms with Crippen LogP contribution in [-0.4, -0.2) is 42.1 Å². The van der Waals surface area contributed by atoms with Crippen LogP contribution in [0.15, 0.2) is 53.5 Å². The van der Waals surface area contributed by atoms with E-state index in [9.17, 15) is 9.59 Å². The molecule has 0 radical (unpaired) electrons. The molecule has 1 saturated heterocycles. The monoisotopic (exact) mass is 378 g/mol. The number of aliphatic imine (C=N–C) groups is 1. The highest BCUT2D eigenvalue weighted by Crippen LogP contribution is 2.31. The molecular weight excluding hydrogens is 356 g/mol. The topological polar surface area (TPSA) is 120 Å². The number of aryl methyl sites for hydroxylation is 1. The first-order valence-corrected chi connectivity index (χ1v) is 8.92. The quantitative estimate of drug-likeness (QED) is 0.527. The maximum atomic E-state index is 13.1. The Balaban J connectivity index is 1.82. The number of carbonyl (C=O) groups is 2. The minimum absolute atomic E-state index is 0.0176. The van der Waals surface area contributed by atoms with Gasteiger partial charge in [-0.15, -0.1) is 0 Å². The number of aliphatic carboxylic acids is 1. The zero-order chi connectivity index (χ0) is 20.3. The molecule has 1 unspecified atom stereocenters. The van der Waals surface area contributed by atoms with Crippen LogP contribution in [0.2, 0.25) is 0 Å². The van der Waals surface area contributed by atoms with Crippen molar-refractivity contribution >= 4 is 29.1 Å². The van der Waals surface area contributed by atoms with Gasteiger partial charge in [0.2, 0.25) is 5.91 Å². The van der Waals surface area contributed by atoms with Crippen LogP contribution in [0.4, 0.5) is 5.69 Å². The van der Waals surface area contributed by atoms with E-state index in [1.165, 1.54) is 0 Å². The van der Waals surface area contributed by atoms with E-state index < -0.39 is 11.9 Å². The summed E-state index contributed by atoms with van der Waals surface area (Å²) in [6.07, 6.45) is 0.533. The van der Waals surface area contributed by atoms with Crippen molar-refractivity contribution in [2.75, 3.05) is 18.5 Å². The highest BCUT2D eigenvalue weighted by Gasteiger charge is 2.38. The Morgan fingerprint density at radius 1 is 1.21 bits per heavy atom. The van der Waals surface area contributed by atoms with Gasteiger partial charge in [0.05, 0.1) is 6.54 Å². The van der Waals surface area contributed by atoms with Crippen LogP contribution in [0.1, 0.15) is 29.0 Å². The molecule has 0 aliphatic carbocycles. The molecule has 2 aromatic carbocycles. The first-order valence-electron chi connectivity index (χ1n) is 8.92. The number of amidine groups is 1. The van der Waals surface area contributed by atoms with Crippen LogP contribution in [0.25, 0.3) is 0 Å². The second kappa shape index (κ2) is 8.04. The van der Waals surface area contributed by atoms with Crippen molar-refractivity contribution in [1.29, 1.82) is 5.41 Å². The molecule has 1 atom stereocenters. The lowest BCUT2D eigenvalue weighted by atomic mass is 9.94. The summed E-state index contributed by atoms with van der Waals surface area (Å²) in [4.78, 5) is 29.8. The summed E-state index contributed by atoms with van der Waals surface area (Å²) < 4.78 is 0. The number of hydrogen-bond donors (Lipinski definition) is 3. The third-order valence-electron chi connectivity index (χ3n) is 4.88. The predicted molar refractivity (Wildman–Crippen MR) is 108 cm³/mol. The van der Waals surface area contributed by atoms with Gasteiger partial charge in [-0.05, 0) is 41.8 Å². The summed E-state index contributed by atoms with van der Waals surface area (Å²) in [5.74, 6) is -1.36. The Kier molecular flexibility index (Phi) is 5.54. The predicted octanol–water partition coefficient (Wildman–Crippen LogP) is 2.19. The van der Waals surface area contributed by atoms with E-state index in [2.05, 4.69) is 4.99 Å². The molecule has 1 heterocycles. The molecule has 0 spiro atoms. The first kappa shape index (κ1) is 19.3. The van der Waals surface area contributed by atoms with Crippen molar-refractivity contribution in [1.82, 2.24) is 0 Å². The lowest BCUT2D eigenvalue weighted by molar-refractivity contribution is -0.137. The lowest BCUT2D eigenvalue weighted by Gasteiger charge is -2.16. The molecule has 1 aliphatic rings. The molecule has 144 valence electrons. The van der Waals surface area contributed by atoms with E-state index >= 15 is 0 Å². The van der Waals surface area contributed by atoms with Gasteiger partial charge < -0.3 is 15.7 Å². The molecule has 0 aromatic heterocycles. The SMILES string of the molecule is CN=C1CN(c2ccc(C(=N)N)cc2)C(=O)C1c1ccc(CCC(=O)O)cc1. The number of carbonyl (C=O) groups excluding carboxylic acids is 1. The molecule has 4 N–H and O–H groups in total. The van der Waals surface area contributed by atoms with Crippen molar-refractivity contribution in [2.24, 2.45) is 10.7 Å². The average Bonchev–Trinajstić information content (AvgIpc) is 3.03. The number of nitrogens with two attached hydrogens (primary N) is 1. The molecular formula is C21H22N4O3. The van der Waals surface area contributed by atoms with Crippen LogP contribution in [0.3, 0.4) is 0 Å². The zero-order valence-corrected chi connectivity index (χ0v) is 15.6. The summed E-state index contributed by atoms with van der Waals surface area (Å²) in [6.45, 7) is 0.403. The minimum atomic E-state index is -0.832. The summed E-state index contributed by atoms with van der Waals surface area (Å²) in [7, 11) is 1.68. The number of nitrogens with one attached hydrogen (secondary N) is 1. The van der Waals surface area contributed by atoms with E-state index in [4.69, 9.17) is 16.2 Å². The Hall–Kier alpha value is -3.48. The fraction of sp³-hybridized carbons (Fsp3) is 0.238. The first-order chi connectivity index (χ1) is 13.4. The number of carboxylic acid groups (broad SMARTS) is 1. The van der Waals surface area contributed by atoms with Crippen molar-refractivity contribution in [2.45, 2.75) is 18.8 Å². The minimum Gasteiger partial charge on any atom is -0.481 e. The van der Waals surface area contributed by atoms with Gasteiger partial charge in [0.15, 0.2) is 0 Å².